The second kappa shape index (κ2) is 10.6. The number of ether oxygens (including phenoxy) is 1. The van der Waals surface area contributed by atoms with E-state index in [0.717, 1.165) is 37.3 Å². The Labute approximate surface area is 232 Å². The van der Waals surface area contributed by atoms with Gasteiger partial charge in [-0.3, -0.25) is 4.72 Å². The van der Waals surface area contributed by atoms with Crippen molar-refractivity contribution in [3.8, 4) is 22.9 Å². The Morgan fingerprint density at radius 2 is 1.85 bits per heavy atom. The number of nitrogens with zero attached hydrogens (tertiary/aromatic N) is 3. The molecular formula is C29H31FN6O3S. The predicted molar refractivity (Wildman–Crippen MR) is 154 cm³/mol. The Hall–Kier alpha value is -3.83. The number of hydrogen-bond acceptors (Lipinski definition) is 8. The number of aromatic nitrogens is 3. The van der Waals surface area contributed by atoms with Crippen molar-refractivity contribution < 1.29 is 17.5 Å². The average molecular weight is 563 g/mol. The fourth-order valence-corrected chi connectivity index (χ4v) is 7.02. The number of sulfonamides is 1. The average Bonchev–Trinajstić information content (AvgIpc) is 3.72. The molecule has 40 heavy (non-hydrogen) atoms. The van der Waals surface area contributed by atoms with Gasteiger partial charge in [-0.25, -0.2) is 27.8 Å². The molecule has 3 heterocycles. The fourth-order valence-electron chi connectivity index (χ4n) is 5.21. The summed E-state index contributed by atoms with van der Waals surface area (Å²) in [5, 5.41) is 7.30. The Balaban J connectivity index is 1.36. The van der Waals surface area contributed by atoms with Gasteiger partial charge >= 0.3 is 0 Å². The zero-order chi connectivity index (χ0) is 27.9. The minimum atomic E-state index is -3.72. The lowest BCUT2D eigenvalue weighted by molar-refractivity contribution is 0.459. The molecule has 0 amide bonds. The molecule has 2 aromatic heterocycles. The third kappa shape index (κ3) is 5.18. The fraction of sp³-hybridized carbons (Fsp3) is 0.345. The Morgan fingerprint density at radius 3 is 2.60 bits per heavy atom. The predicted octanol–water partition coefficient (Wildman–Crippen LogP) is 5.25. The van der Waals surface area contributed by atoms with E-state index in [0.29, 0.717) is 22.9 Å². The molecule has 0 radical (unpaired) electrons. The summed E-state index contributed by atoms with van der Waals surface area (Å²) < 4.78 is 50.4. The van der Waals surface area contributed by atoms with Gasteiger partial charge in [0.1, 0.15) is 17.3 Å². The van der Waals surface area contributed by atoms with Crippen molar-refractivity contribution >= 4 is 32.3 Å². The van der Waals surface area contributed by atoms with Crippen LogP contribution in [0, 0.1) is 18.7 Å². The first-order valence-corrected chi connectivity index (χ1v) is 15.0. The van der Waals surface area contributed by atoms with Gasteiger partial charge in [0, 0.05) is 53.1 Å². The van der Waals surface area contributed by atoms with Crippen molar-refractivity contribution in [3.05, 3.63) is 66.4 Å². The number of fused-ring (bicyclic) bond motifs is 1. The van der Waals surface area contributed by atoms with Gasteiger partial charge in [0.2, 0.25) is 15.9 Å². The molecule has 1 saturated carbocycles. The Bertz CT molecular complexity index is 1680. The van der Waals surface area contributed by atoms with Crippen LogP contribution in [-0.4, -0.2) is 47.8 Å². The summed E-state index contributed by atoms with van der Waals surface area (Å²) in [5.74, 6) is 0.531. The molecule has 208 valence electrons. The smallest absolute Gasteiger partial charge is 0.246 e. The largest absolute Gasteiger partial charge is 0.436 e. The minimum Gasteiger partial charge on any atom is -0.436 e. The molecule has 1 aliphatic heterocycles. The monoisotopic (exact) mass is 562 g/mol. The molecule has 11 heteroatoms. The van der Waals surface area contributed by atoms with Crippen LogP contribution in [0.3, 0.4) is 0 Å². The Kier molecular flexibility index (Phi) is 7.01. The maximum Gasteiger partial charge on any atom is 0.246 e. The van der Waals surface area contributed by atoms with E-state index in [1.54, 1.807) is 43.6 Å². The summed E-state index contributed by atoms with van der Waals surface area (Å²) in [6, 6.07) is 11.0. The SMILES string of the molecule is Cc1c(F)c(NS(=O)(=O)C2CC2C)c2ccccc2c1Oc1nccnc1-c1ccnc(N[C@H]2CCCNC2)c1. The number of rotatable bonds is 8. The van der Waals surface area contributed by atoms with Crippen LogP contribution in [0.15, 0.2) is 55.0 Å². The third-order valence-electron chi connectivity index (χ3n) is 7.55. The van der Waals surface area contributed by atoms with Gasteiger partial charge < -0.3 is 15.4 Å². The van der Waals surface area contributed by atoms with Crippen LogP contribution in [0.5, 0.6) is 11.6 Å². The van der Waals surface area contributed by atoms with Gasteiger partial charge in [-0.2, -0.15) is 0 Å². The first-order chi connectivity index (χ1) is 19.3. The highest BCUT2D eigenvalue weighted by Gasteiger charge is 2.44. The van der Waals surface area contributed by atoms with Crippen molar-refractivity contribution in [3.63, 3.8) is 0 Å². The van der Waals surface area contributed by atoms with Crippen molar-refractivity contribution in [1.29, 1.82) is 0 Å². The highest BCUT2D eigenvalue weighted by atomic mass is 32.2. The molecule has 1 saturated heterocycles. The van der Waals surface area contributed by atoms with E-state index in [-0.39, 0.29) is 34.8 Å². The highest BCUT2D eigenvalue weighted by molar-refractivity contribution is 7.93. The van der Waals surface area contributed by atoms with Crippen LogP contribution in [0.1, 0.15) is 31.7 Å². The first-order valence-electron chi connectivity index (χ1n) is 13.5. The molecule has 3 atom stereocenters. The van der Waals surface area contributed by atoms with E-state index in [1.807, 2.05) is 19.1 Å². The molecular weight excluding hydrogens is 531 g/mol. The number of piperidine rings is 1. The number of nitrogens with one attached hydrogen (secondary N) is 3. The van der Waals surface area contributed by atoms with E-state index in [9.17, 15) is 8.42 Å². The van der Waals surface area contributed by atoms with Crippen LogP contribution in [0.2, 0.25) is 0 Å². The van der Waals surface area contributed by atoms with Crippen molar-refractivity contribution in [2.24, 2.45) is 5.92 Å². The number of pyridine rings is 1. The molecule has 4 aromatic rings. The molecule has 2 fully saturated rings. The van der Waals surface area contributed by atoms with E-state index >= 15 is 4.39 Å². The molecule has 3 N–H and O–H groups in total. The lowest BCUT2D eigenvalue weighted by Crippen LogP contribution is -2.38. The van der Waals surface area contributed by atoms with E-state index < -0.39 is 21.1 Å². The molecule has 9 nitrogen and oxygen atoms in total. The summed E-state index contributed by atoms with van der Waals surface area (Å²) >= 11 is 0. The van der Waals surface area contributed by atoms with Crippen LogP contribution in [0.25, 0.3) is 22.0 Å². The number of hydrogen-bond donors (Lipinski definition) is 3. The first kappa shape index (κ1) is 26.4. The second-order valence-corrected chi connectivity index (χ2v) is 12.4. The van der Waals surface area contributed by atoms with Gasteiger partial charge in [0.15, 0.2) is 5.82 Å². The van der Waals surface area contributed by atoms with Gasteiger partial charge in [-0.15, -0.1) is 0 Å². The lowest BCUT2D eigenvalue weighted by atomic mass is 10.0. The zero-order valence-corrected chi connectivity index (χ0v) is 23.1. The Morgan fingerprint density at radius 1 is 1.07 bits per heavy atom. The number of anilines is 2. The molecule has 2 aromatic carbocycles. The van der Waals surface area contributed by atoms with Gasteiger partial charge in [-0.05, 0) is 50.8 Å². The van der Waals surface area contributed by atoms with Crippen LogP contribution < -0.4 is 20.1 Å². The quantitative estimate of drug-likeness (QED) is 0.267. The van der Waals surface area contributed by atoms with Crippen LogP contribution >= 0.6 is 0 Å². The van der Waals surface area contributed by atoms with Crippen molar-refractivity contribution in [2.75, 3.05) is 23.1 Å². The molecule has 0 spiro atoms. The summed E-state index contributed by atoms with van der Waals surface area (Å²) in [4.78, 5) is 13.4. The maximum atomic E-state index is 15.8. The third-order valence-corrected chi connectivity index (χ3v) is 9.50. The molecule has 1 aliphatic carbocycles. The van der Waals surface area contributed by atoms with Gasteiger partial charge in [0.05, 0.1) is 10.9 Å². The highest BCUT2D eigenvalue weighted by Crippen LogP contribution is 2.43. The zero-order valence-electron chi connectivity index (χ0n) is 22.3. The van der Waals surface area contributed by atoms with E-state index in [1.165, 1.54) is 6.20 Å². The summed E-state index contributed by atoms with van der Waals surface area (Å²) in [6.07, 6.45) is 7.51. The number of benzene rings is 2. The molecule has 6 rings (SSSR count). The normalized spacial score (nSPS) is 20.7. The number of halogens is 1. The lowest BCUT2D eigenvalue weighted by Gasteiger charge is -2.24. The molecule has 2 aliphatic rings. The minimum absolute atomic E-state index is 0.0499. The second-order valence-electron chi connectivity index (χ2n) is 10.5. The molecule has 2 unspecified atom stereocenters. The van der Waals surface area contributed by atoms with Crippen molar-refractivity contribution in [2.45, 2.75) is 44.4 Å². The topological polar surface area (TPSA) is 118 Å². The standard InChI is InChI=1S/C29H31FN6O3S/c1-17-14-23(17)40(37,38)36-27-21-7-3-4-8-22(21)28(18(2)25(27)30)39-29-26(33-12-13-34-29)19-9-11-32-24(15-19)35-20-6-5-10-31-16-20/h3-4,7-9,11-13,15,17,20,23,31,36H,5-6,10,14,16H2,1-2H3,(H,32,35)/t17?,20-,23?/m0/s1. The summed E-state index contributed by atoms with van der Waals surface area (Å²) in [7, 11) is -3.72. The van der Waals surface area contributed by atoms with Crippen LogP contribution in [0.4, 0.5) is 15.9 Å². The van der Waals surface area contributed by atoms with E-state index in [4.69, 9.17) is 4.74 Å². The van der Waals surface area contributed by atoms with Crippen LogP contribution in [-0.2, 0) is 10.0 Å². The maximum absolute atomic E-state index is 15.8. The molecule has 0 bridgehead atoms. The van der Waals surface area contributed by atoms with Gasteiger partial charge in [0.25, 0.3) is 0 Å². The van der Waals surface area contributed by atoms with Gasteiger partial charge in [-0.1, -0.05) is 31.2 Å². The summed E-state index contributed by atoms with van der Waals surface area (Å²) in [6.45, 7) is 5.33. The van der Waals surface area contributed by atoms with Crippen molar-refractivity contribution in [1.82, 2.24) is 20.3 Å². The van der Waals surface area contributed by atoms with E-state index in [2.05, 4.69) is 30.3 Å². The summed E-state index contributed by atoms with van der Waals surface area (Å²) in [5.41, 5.74) is 1.32.